The predicted octanol–water partition coefficient (Wildman–Crippen LogP) is -4.19. The van der Waals surface area contributed by atoms with E-state index in [1.807, 2.05) is 0 Å². The maximum atomic E-state index is 11.0. The van der Waals surface area contributed by atoms with Crippen LogP contribution in [0.15, 0.2) is 18.3 Å². The second-order valence-electron chi connectivity index (χ2n) is 2.30. The molecule has 1 amide bonds. The normalized spacial score (nSPS) is 8.64. The standard InChI is InChI=1S/C8H8N2O3.Li/c1-9-7(11)5-2-3-6(8(12)13)10-4-5;/h2-4H,1H3,(H,9,11)(H,12,13);/q;+1/p-1. The van der Waals surface area contributed by atoms with Gasteiger partial charge < -0.3 is 15.2 Å². The van der Waals surface area contributed by atoms with E-state index in [9.17, 15) is 14.7 Å². The van der Waals surface area contributed by atoms with Gasteiger partial charge in [0, 0.05) is 13.2 Å². The van der Waals surface area contributed by atoms with Crippen molar-refractivity contribution in [2.24, 2.45) is 0 Å². The van der Waals surface area contributed by atoms with Gasteiger partial charge in [0.25, 0.3) is 5.91 Å². The van der Waals surface area contributed by atoms with Crippen LogP contribution in [0.4, 0.5) is 0 Å². The molecule has 0 bridgehead atoms. The number of aromatic nitrogens is 1. The number of nitrogens with zero attached hydrogens (tertiary/aromatic N) is 1. The first-order valence-electron chi connectivity index (χ1n) is 3.54. The zero-order valence-electron chi connectivity index (χ0n) is 7.90. The van der Waals surface area contributed by atoms with Crippen molar-refractivity contribution in [1.29, 1.82) is 0 Å². The van der Waals surface area contributed by atoms with E-state index in [1.54, 1.807) is 0 Å². The van der Waals surface area contributed by atoms with Crippen molar-refractivity contribution in [2.45, 2.75) is 0 Å². The van der Waals surface area contributed by atoms with E-state index in [0.717, 1.165) is 0 Å². The van der Waals surface area contributed by atoms with Crippen LogP contribution in [0.1, 0.15) is 20.8 Å². The Kier molecular flexibility index (Phi) is 4.92. The number of nitrogens with one attached hydrogen (secondary N) is 1. The van der Waals surface area contributed by atoms with Crippen molar-refractivity contribution < 1.29 is 33.6 Å². The van der Waals surface area contributed by atoms with E-state index in [1.165, 1.54) is 25.4 Å². The molecule has 0 fully saturated rings. The fourth-order valence-corrected chi connectivity index (χ4v) is 0.793. The quantitative estimate of drug-likeness (QED) is 0.475. The fourth-order valence-electron chi connectivity index (χ4n) is 0.793. The summed E-state index contributed by atoms with van der Waals surface area (Å²) in [5.74, 6) is -1.67. The van der Waals surface area contributed by atoms with Crippen LogP contribution in [-0.4, -0.2) is 23.9 Å². The Hall–Kier alpha value is -1.31. The predicted molar refractivity (Wildman–Crippen MR) is 42.0 cm³/mol. The number of rotatable bonds is 2. The Labute approximate surface area is 92.7 Å². The third kappa shape index (κ3) is 2.87. The molecule has 0 unspecified atom stereocenters. The number of hydrogen-bond acceptors (Lipinski definition) is 4. The van der Waals surface area contributed by atoms with Crippen LogP contribution in [0, 0.1) is 0 Å². The van der Waals surface area contributed by atoms with Crippen molar-refractivity contribution in [3.05, 3.63) is 29.6 Å². The molecule has 0 saturated heterocycles. The van der Waals surface area contributed by atoms with Crippen LogP contribution in [0.25, 0.3) is 0 Å². The molecule has 1 rings (SSSR count). The number of carbonyl (C=O) groups excluding carboxylic acids is 2. The van der Waals surface area contributed by atoms with Gasteiger partial charge in [0.05, 0.1) is 17.2 Å². The number of pyridine rings is 1. The summed E-state index contributed by atoms with van der Waals surface area (Å²) in [5.41, 5.74) is 0.125. The summed E-state index contributed by atoms with van der Waals surface area (Å²) in [7, 11) is 1.48. The summed E-state index contributed by atoms with van der Waals surface area (Å²) in [6, 6.07) is 2.59. The largest absolute Gasteiger partial charge is 1.00 e. The Morgan fingerprint density at radius 3 is 2.43 bits per heavy atom. The third-order valence-corrected chi connectivity index (χ3v) is 1.46. The molecular formula is C8H7LiN2O3. The molecule has 5 nitrogen and oxygen atoms in total. The molecule has 0 atom stereocenters. The Bertz CT molecular complexity index is 337. The fraction of sp³-hybridized carbons (Fsp3) is 0.125. The monoisotopic (exact) mass is 186 g/mol. The maximum Gasteiger partial charge on any atom is 1.00 e. The Morgan fingerprint density at radius 1 is 1.43 bits per heavy atom. The van der Waals surface area contributed by atoms with Crippen LogP contribution in [0.3, 0.4) is 0 Å². The van der Waals surface area contributed by atoms with E-state index in [-0.39, 0.29) is 30.5 Å². The molecule has 0 aliphatic rings. The molecule has 0 radical (unpaired) electrons. The summed E-state index contributed by atoms with van der Waals surface area (Å²) in [6.45, 7) is 0. The number of hydrogen-bond donors (Lipinski definition) is 1. The second-order valence-corrected chi connectivity index (χ2v) is 2.30. The van der Waals surface area contributed by atoms with Crippen molar-refractivity contribution in [3.8, 4) is 0 Å². The molecule has 6 heteroatoms. The van der Waals surface area contributed by atoms with Crippen LogP contribution in [0.2, 0.25) is 0 Å². The minimum absolute atomic E-state index is 0. The first-order valence-corrected chi connectivity index (χ1v) is 3.54. The molecule has 0 spiro atoms. The SMILES string of the molecule is CNC(=O)c1ccc(C(=O)[O-])nc1.[Li+]. The van der Waals surface area contributed by atoms with Gasteiger partial charge in [0.1, 0.15) is 0 Å². The van der Waals surface area contributed by atoms with E-state index < -0.39 is 5.97 Å². The smallest absolute Gasteiger partial charge is 0.543 e. The van der Waals surface area contributed by atoms with Crippen molar-refractivity contribution in [1.82, 2.24) is 10.3 Å². The van der Waals surface area contributed by atoms with Gasteiger partial charge in [-0.15, -0.1) is 0 Å². The molecular weight excluding hydrogens is 179 g/mol. The number of amides is 1. The van der Waals surface area contributed by atoms with E-state index in [0.29, 0.717) is 5.56 Å². The number of carboxylic acids is 1. The molecule has 14 heavy (non-hydrogen) atoms. The summed E-state index contributed by atoms with van der Waals surface area (Å²) in [6.07, 6.45) is 1.18. The maximum absolute atomic E-state index is 11.0. The van der Waals surface area contributed by atoms with Crippen molar-refractivity contribution >= 4 is 11.9 Å². The summed E-state index contributed by atoms with van der Waals surface area (Å²) >= 11 is 0. The van der Waals surface area contributed by atoms with Gasteiger partial charge in [0.2, 0.25) is 0 Å². The Morgan fingerprint density at radius 2 is 2.07 bits per heavy atom. The topological polar surface area (TPSA) is 82.1 Å². The molecule has 0 aliphatic carbocycles. The summed E-state index contributed by atoms with van der Waals surface area (Å²) in [4.78, 5) is 24.8. The minimum Gasteiger partial charge on any atom is -0.543 e. The first-order chi connectivity index (χ1) is 6.15. The van der Waals surface area contributed by atoms with Gasteiger partial charge in [-0.3, -0.25) is 9.78 Å². The van der Waals surface area contributed by atoms with Crippen LogP contribution in [-0.2, 0) is 0 Å². The van der Waals surface area contributed by atoms with E-state index in [2.05, 4.69) is 10.3 Å². The van der Waals surface area contributed by atoms with Gasteiger partial charge >= 0.3 is 18.9 Å². The molecule has 1 aromatic heterocycles. The van der Waals surface area contributed by atoms with E-state index >= 15 is 0 Å². The summed E-state index contributed by atoms with van der Waals surface area (Å²) < 4.78 is 0. The zero-order chi connectivity index (χ0) is 9.84. The zero-order valence-corrected chi connectivity index (χ0v) is 7.90. The van der Waals surface area contributed by atoms with E-state index in [4.69, 9.17) is 0 Å². The molecule has 68 valence electrons. The van der Waals surface area contributed by atoms with Crippen LogP contribution < -0.4 is 29.3 Å². The minimum atomic E-state index is -1.36. The molecule has 0 aliphatic heterocycles. The van der Waals surface area contributed by atoms with Gasteiger partial charge in [-0.05, 0) is 12.1 Å². The number of carboxylic acid groups (broad SMARTS) is 1. The molecule has 1 N–H and O–H groups in total. The van der Waals surface area contributed by atoms with Gasteiger partial charge in [-0.2, -0.15) is 0 Å². The number of carbonyl (C=O) groups is 2. The Balaban J connectivity index is 0.00000169. The molecule has 1 heterocycles. The van der Waals surface area contributed by atoms with Crippen molar-refractivity contribution in [2.75, 3.05) is 7.05 Å². The average Bonchev–Trinajstić information content (AvgIpc) is 2.17. The first kappa shape index (κ1) is 12.7. The van der Waals surface area contributed by atoms with Gasteiger partial charge in [-0.25, -0.2) is 0 Å². The van der Waals surface area contributed by atoms with Crippen molar-refractivity contribution in [3.63, 3.8) is 0 Å². The second kappa shape index (κ2) is 5.42. The number of aromatic carboxylic acids is 1. The average molecular weight is 186 g/mol. The van der Waals surface area contributed by atoms with Crippen LogP contribution >= 0.6 is 0 Å². The third-order valence-electron chi connectivity index (χ3n) is 1.46. The van der Waals surface area contributed by atoms with Gasteiger partial charge in [-0.1, -0.05) is 0 Å². The molecule has 0 aromatic carbocycles. The molecule has 1 aromatic rings. The molecule has 0 saturated carbocycles. The van der Waals surface area contributed by atoms with Crippen LogP contribution in [0.5, 0.6) is 0 Å². The van der Waals surface area contributed by atoms with Gasteiger partial charge in [0.15, 0.2) is 0 Å². The summed E-state index contributed by atoms with van der Waals surface area (Å²) in [5, 5.41) is 12.7.